The summed E-state index contributed by atoms with van der Waals surface area (Å²) in [5.41, 5.74) is 1.40. The van der Waals surface area contributed by atoms with Crippen LogP contribution in [0.15, 0.2) is 53.4 Å². The highest BCUT2D eigenvalue weighted by atomic mass is 32.2. The molecule has 9 heteroatoms. The second-order valence-electron chi connectivity index (χ2n) is 6.12. The molecule has 1 aliphatic rings. The number of nitrogens with one attached hydrogen (secondary N) is 2. The lowest BCUT2D eigenvalue weighted by Crippen LogP contribution is -2.41. The first-order valence-corrected chi connectivity index (χ1v) is 9.73. The summed E-state index contributed by atoms with van der Waals surface area (Å²) in [6, 6.07) is 13.7. The topological polar surface area (TPSA) is 105 Å². The van der Waals surface area contributed by atoms with Crippen LogP contribution in [0.5, 0.6) is 0 Å². The lowest BCUT2D eigenvalue weighted by molar-refractivity contribution is -0.139. The molecule has 0 unspecified atom stereocenters. The summed E-state index contributed by atoms with van der Waals surface area (Å²) >= 11 is 1.44. The first-order valence-electron chi connectivity index (χ1n) is 8.75. The smallest absolute Gasteiger partial charge is 0.325 e. The maximum absolute atomic E-state index is 12.5. The Bertz CT molecular complexity index is 963. The summed E-state index contributed by atoms with van der Waals surface area (Å²) in [5, 5.41) is 5.13. The zero-order valence-corrected chi connectivity index (χ0v) is 16.5. The first kappa shape index (κ1) is 20.4. The number of para-hydroxylation sites is 1. The molecular weight excluding hydrogens is 394 g/mol. The average molecular weight is 413 g/mol. The Hall–Kier alpha value is -3.33. The van der Waals surface area contributed by atoms with Gasteiger partial charge in [-0.3, -0.25) is 19.2 Å². The van der Waals surface area contributed by atoms with E-state index >= 15 is 0 Å². The van der Waals surface area contributed by atoms with Crippen LogP contribution >= 0.6 is 11.8 Å². The van der Waals surface area contributed by atoms with Crippen molar-refractivity contribution >= 4 is 46.8 Å². The molecule has 29 heavy (non-hydrogen) atoms. The summed E-state index contributed by atoms with van der Waals surface area (Å²) in [4.78, 5) is 50.4. The summed E-state index contributed by atoms with van der Waals surface area (Å²) in [6.45, 7) is -0.379. The fourth-order valence-electron chi connectivity index (χ4n) is 2.74. The molecular formula is C20H19N3O5S. The number of thioether (sulfide) groups is 1. The van der Waals surface area contributed by atoms with Crippen molar-refractivity contribution in [3.63, 3.8) is 0 Å². The SMILES string of the molecule is COC(=O)CNC(=O)c1cccc(NC(=O)CN2C(=O)CSc3ccccc32)c1. The molecule has 150 valence electrons. The van der Waals surface area contributed by atoms with Gasteiger partial charge in [-0.15, -0.1) is 11.8 Å². The molecule has 2 aromatic carbocycles. The van der Waals surface area contributed by atoms with Gasteiger partial charge in [0.15, 0.2) is 0 Å². The van der Waals surface area contributed by atoms with Gasteiger partial charge in [0.1, 0.15) is 13.1 Å². The molecule has 2 aromatic rings. The van der Waals surface area contributed by atoms with Gasteiger partial charge < -0.3 is 20.3 Å². The highest BCUT2D eigenvalue weighted by Gasteiger charge is 2.26. The van der Waals surface area contributed by atoms with E-state index in [1.807, 2.05) is 18.2 Å². The molecule has 8 nitrogen and oxygen atoms in total. The van der Waals surface area contributed by atoms with Crippen LogP contribution in [0.1, 0.15) is 10.4 Å². The van der Waals surface area contributed by atoms with Crippen molar-refractivity contribution in [3.8, 4) is 0 Å². The van der Waals surface area contributed by atoms with Gasteiger partial charge >= 0.3 is 5.97 Å². The van der Waals surface area contributed by atoms with E-state index in [1.165, 1.54) is 29.8 Å². The lowest BCUT2D eigenvalue weighted by Gasteiger charge is -2.28. The molecule has 0 fully saturated rings. The van der Waals surface area contributed by atoms with Gasteiger partial charge in [-0.25, -0.2) is 0 Å². The monoisotopic (exact) mass is 413 g/mol. The van der Waals surface area contributed by atoms with E-state index in [9.17, 15) is 19.2 Å². The molecule has 2 N–H and O–H groups in total. The Morgan fingerprint density at radius 2 is 1.93 bits per heavy atom. The molecule has 0 saturated carbocycles. The standard InChI is InChI=1S/C20H19N3O5S/c1-28-19(26)10-21-20(27)13-5-4-6-14(9-13)22-17(24)11-23-15-7-2-3-8-16(15)29-12-18(23)25/h2-9H,10-12H2,1H3,(H,21,27)(H,22,24). The first-order chi connectivity index (χ1) is 14.0. The van der Waals surface area contributed by atoms with E-state index in [2.05, 4.69) is 15.4 Å². The zero-order chi connectivity index (χ0) is 20.8. The quantitative estimate of drug-likeness (QED) is 0.698. The summed E-state index contributed by atoms with van der Waals surface area (Å²) in [7, 11) is 1.23. The van der Waals surface area contributed by atoms with Crippen LogP contribution in [-0.4, -0.2) is 49.6 Å². The summed E-state index contributed by atoms with van der Waals surface area (Å²) in [6.07, 6.45) is 0. The number of anilines is 2. The molecule has 3 rings (SSSR count). The largest absolute Gasteiger partial charge is 0.468 e. The second kappa shape index (κ2) is 9.24. The maximum Gasteiger partial charge on any atom is 0.325 e. The van der Waals surface area contributed by atoms with Crippen molar-refractivity contribution in [3.05, 3.63) is 54.1 Å². The number of hydrogen-bond donors (Lipinski definition) is 2. The fraction of sp³-hybridized carbons (Fsp3) is 0.200. The fourth-order valence-corrected chi connectivity index (χ4v) is 3.67. The number of ether oxygens (including phenoxy) is 1. The van der Waals surface area contributed by atoms with E-state index in [-0.39, 0.29) is 36.2 Å². The summed E-state index contributed by atoms with van der Waals surface area (Å²) < 4.78 is 4.47. The van der Waals surface area contributed by atoms with Crippen LogP contribution < -0.4 is 15.5 Å². The third-order valence-corrected chi connectivity index (χ3v) is 5.19. The van der Waals surface area contributed by atoms with Gasteiger partial charge in [-0.05, 0) is 30.3 Å². The number of benzene rings is 2. The third kappa shape index (κ3) is 5.14. The number of methoxy groups -OCH3 is 1. The van der Waals surface area contributed by atoms with Gasteiger partial charge in [0.2, 0.25) is 11.8 Å². The maximum atomic E-state index is 12.5. The Balaban J connectivity index is 1.65. The van der Waals surface area contributed by atoms with Crippen LogP contribution in [0.4, 0.5) is 11.4 Å². The van der Waals surface area contributed by atoms with Crippen LogP contribution in [0.25, 0.3) is 0 Å². The molecule has 0 radical (unpaired) electrons. The predicted molar refractivity (Wildman–Crippen MR) is 109 cm³/mol. The molecule has 0 aliphatic carbocycles. The van der Waals surface area contributed by atoms with E-state index < -0.39 is 11.9 Å². The molecule has 1 heterocycles. The summed E-state index contributed by atoms with van der Waals surface area (Å²) in [5.74, 6) is -1.27. The van der Waals surface area contributed by atoms with Gasteiger partial charge in [-0.2, -0.15) is 0 Å². The Labute approximate surface area is 171 Å². The normalized spacial score (nSPS) is 12.7. The number of amides is 3. The van der Waals surface area contributed by atoms with Crippen molar-refractivity contribution in [2.45, 2.75) is 4.90 Å². The van der Waals surface area contributed by atoms with Crippen molar-refractivity contribution in [2.75, 3.05) is 36.2 Å². The Morgan fingerprint density at radius 3 is 2.72 bits per heavy atom. The predicted octanol–water partition coefficient (Wildman–Crippen LogP) is 1.67. The van der Waals surface area contributed by atoms with Gasteiger partial charge in [0, 0.05) is 16.1 Å². The van der Waals surface area contributed by atoms with Crippen molar-refractivity contribution in [2.24, 2.45) is 0 Å². The lowest BCUT2D eigenvalue weighted by atomic mass is 10.2. The minimum absolute atomic E-state index is 0.130. The van der Waals surface area contributed by atoms with Gasteiger partial charge in [0.25, 0.3) is 5.91 Å². The van der Waals surface area contributed by atoms with Crippen molar-refractivity contribution in [1.29, 1.82) is 0 Å². The number of esters is 1. The Kier molecular flexibility index (Phi) is 6.50. The van der Waals surface area contributed by atoms with Crippen LogP contribution in [0, 0.1) is 0 Å². The molecule has 0 saturated heterocycles. The zero-order valence-electron chi connectivity index (χ0n) is 15.6. The molecule has 0 spiro atoms. The molecule has 0 atom stereocenters. The van der Waals surface area contributed by atoms with Crippen LogP contribution in [-0.2, 0) is 19.1 Å². The van der Waals surface area contributed by atoms with Gasteiger partial charge in [0.05, 0.1) is 18.6 Å². The van der Waals surface area contributed by atoms with Crippen LogP contribution in [0.3, 0.4) is 0 Å². The number of rotatable bonds is 6. The number of carbonyl (C=O) groups excluding carboxylic acids is 4. The number of nitrogens with zero attached hydrogens (tertiary/aromatic N) is 1. The number of fused-ring (bicyclic) bond motifs is 1. The van der Waals surface area contributed by atoms with E-state index in [1.54, 1.807) is 24.3 Å². The molecule has 3 amide bonds. The highest BCUT2D eigenvalue weighted by molar-refractivity contribution is 8.00. The number of hydrogen-bond acceptors (Lipinski definition) is 6. The van der Waals surface area contributed by atoms with Crippen LogP contribution in [0.2, 0.25) is 0 Å². The van der Waals surface area contributed by atoms with Crippen molar-refractivity contribution < 1.29 is 23.9 Å². The average Bonchev–Trinajstić information content (AvgIpc) is 2.74. The van der Waals surface area contributed by atoms with Gasteiger partial charge in [-0.1, -0.05) is 18.2 Å². The molecule has 0 aromatic heterocycles. The minimum Gasteiger partial charge on any atom is -0.468 e. The Morgan fingerprint density at radius 1 is 1.14 bits per heavy atom. The third-order valence-electron chi connectivity index (χ3n) is 4.14. The second-order valence-corrected chi connectivity index (χ2v) is 7.14. The minimum atomic E-state index is -0.563. The molecule has 1 aliphatic heterocycles. The van der Waals surface area contributed by atoms with Crippen molar-refractivity contribution in [1.82, 2.24) is 5.32 Å². The number of carbonyl (C=O) groups is 4. The van der Waals surface area contributed by atoms with E-state index in [4.69, 9.17) is 0 Å². The highest BCUT2D eigenvalue weighted by Crippen LogP contribution is 2.34. The molecule has 0 bridgehead atoms. The van der Waals surface area contributed by atoms with E-state index in [0.29, 0.717) is 11.4 Å². The van der Waals surface area contributed by atoms with E-state index in [0.717, 1.165) is 4.90 Å².